The standard InChI is InChI=1S/C24H12BrCl5N2O4/c1-36-13-7-2-9(25)8-12(13)20-21(24(35)31(20)11-5-3-10(26)4-6-11)32-22(33)14-15(23(32)34)17(28)19(30)18(29)16(14)27/h2-8,20-21H,1H3/t20-,21+/m0/s1. The molecule has 5 rings (SSSR count). The van der Waals surface area contributed by atoms with E-state index in [1.807, 2.05) is 0 Å². The lowest BCUT2D eigenvalue weighted by Crippen LogP contribution is -2.67. The third-order valence-corrected chi connectivity index (χ3v) is 8.64. The average molecular weight is 650 g/mol. The van der Waals surface area contributed by atoms with Crippen molar-refractivity contribution in [2.45, 2.75) is 12.1 Å². The van der Waals surface area contributed by atoms with Crippen LogP contribution in [0.3, 0.4) is 0 Å². The Morgan fingerprint density at radius 1 is 0.750 bits per heavy atom. The summed E-state index contributed by atoms with van der Waals surface area (Å²) in [5, 5.41) is -0.242. The Balaban J connectivity index is 1.67. The molecule has 12 heteroatoms. The molecule has 6 nitrogen and oxygen atoms in total. The summed E-state index contributed by atoms with van der Waals surface area (Å²) in [6.07, 6.45) is 0. The zero-order valence-corrected chi connectivity index (χ0v) is 23.4. The van der Waals surface area contributed by atoms with Gasteiger partial charge in [0.2, 0.25) is 0 Å². The van der Waals surface area contributed by atoms with Gasteiger partial charge in [-0.15, -0.1) is 0 Å². The van der Waals surface area contributed by atoms with Crippen LogP contribution >= 0.6 is 73.9 Å². The third-order valence-electron chi connectivity index (χ3n) is 6.09. The van der Waals surface area contributed by atoms with Crippen LogP contribution in [-0.4, -0.2) is 35.8 Å². The summed E-state index contributed by atoms with van der Waals surface area (Å²) in [5.41, 5.74) is 0.695. The molecule has 0 N–H and O–H groups in total. The van der Waals surface area contributed by atoms with Crippen LogP contribution in [-0.2, 0) is 4.79 Å². The molecule has 184 valence electrons. The highest BCUT2D eigenvalue weighted by atomic mass is 79.9. The largest absolute Gasteiger partial charge is 0.496 e. The smallest absolute Gasteiger partial charge is 0.264 e. The Hall–Kier alpha value is -2.00. The Morgan fingerprint density at radius 3 is 1.83 bits per heavy atom. The number of amides is 3. The molecule has 1 fully saturated rings. The van der Waals surface area contributed by atoms with Crippen molar-refractivity contribution in [3.05, 3.63) is 88.7 Å². The molecule has 3 amide bonds. The SMILES string of the molecule is COc1ccc(Br)cc1[C@H]1[C@@H](N2C(=O)c3c(Cl)c(Cl)c(Cl)c(Cl)c3C2=O)C(=O)N1c1ccc(Cl)cc1. The van der Waals surface area contributed by atoms with Gasteiger partial charge in [0.15, 0.2) is 0 Å². The first-order valence-electron chi connectivity index (χ1n) is 10.2. The van der Waals surface area contributed by atoms with Gasteiger partial charge in [0.05, 0.1) is 44.4 Å². The van der Waals surface area contributed by atoms with Crippen molar-refractivity contribution >= 4 is 97.3 Å². The Kier molecular flexibility index (Phi) is 6.69. The molecule has 0 aliphatic carbocycles. The number of imide groups is 1. The van der Waals surface area contributed by atoms with Crippen molar-refractivity contribution in [1.29, 1.82) is 0 Å². The first-order chi connectivity index (χ1) is 17.1. The number of nitrogens with zero attached hydrogens (tertiary/aromatic N) is 2. The number of rotatable bonds is 4. The molecule has 0 aromatic heterocycles. The highest BCUT2D eigenvalue weighted by Gasteiger charge is 2.59. The minimum atomic E-state index is -1.22. The van der Waals surface area contributed by atoms with Crippen molar-refractivity contribution in [3.8, 4) is 5.75 Å². The quantitative estimate of drug-likeness (QED) is 0.127. The predicted molar refractivity (Wildman–Crippen MR) is 143 cm³/mol. The predicted octanol–water partition coefficient (Wildman–Crippen LogP) is 7.48. The monoisotopic (exact) mass is 646 g/mol. The van der Waals surface area contributed by atoms with Gasteiger partial charge in [-0.25, -0.2) is 0 Å². The van der Waals surface area contributed by atoms with E-state index in [2.05, 4.69) is 15.9 Å². The fourth-order valence-electron chi connectivity index (χ4n) is 4.48. The van der Waals surface area contributed by atoms with Crippen LogP contribution in [0.1, 0.15) is 32.3 Å². The van der Waals surface area contributed by atoms with E-state index in [-0.39, 0.29) is 31.2 Å². The van der Waals surface area contributed by atoms with Gasteiger partial charge in [0, 0.05) is 20.7 Å². The van der Waals surface area contributed by atoms with E-state index in [4.69, 9.17) is 62.7 Å². The second-order valence-corrected chi connectivity index (χ2v) is 10.8. The van der Waals surface area contributed by atoms with Crippen LogP contribution in [0.4, 0.5) is 5.69 Å². The highest BCUT2D eigenvalue weighted by molar-refractivity contribution is 9.10. The lowest BCUT2D eigenvalue weighted by Gasteiger charge is -2.50. The van der Waals surface area contributed by atoms with Gasteiger partial charge in [0.25, 0.3) is 17.7 Å². The van der Waals surface area contributed by atoms with Crippen molar-refractivity contribution in [2.24, 2.45) is 0 Å². The number of anilines is 1. The van der Waals surface area contributed by atoms with Crippen molar-refractivity contribution in [2.75, 3.05) is 12.0 Å². The summed E-state index contributed by atoms with van der Waals surface area (Å²) in [6, 6.07) is 9.85. The zero-order valence-electron chi connectivity index (χ0n) is 18.0. The van der Waals surface area contributed by atoms with E-state index in [1.54, 1.807) is 42.5 Å². The topological polar surface area (TPSA) is 66.9 Å². The first kappa shape index (κ1) is 25.6. The van der Waals surface area contributed by atoms with Crippen LogP contribution in [0.5, 0.6) is 5.75 Å². The van der Waals surface area contributed by atoms with Gasteiger partial charge in [-0.05, 0) is 42.5 Å². The Bertz CT molecular complexity index is 1430. The Labute approximate surface area is 238 Å². The highest BCUT2D eigenvalue weighted by Crippen LogP contribution is 2.50. The molecule has 2 atom stereocenters. The van der Waals surface area contributed by atoms with Crippen LogP contribution in [0.25, 0.3) is 0 Å². The van der Waals surface area contributed by atoms with Gasteiger partial charge in [-0.3, -0.25) is 19.3 Å². The summed E-state index contributed by atoms with van der Waals surface area (Å²) >= 11 is 34.4. The fraction of sp³-hybridized carbons (Fsp3) is 0.125. The van der Waals surface area contributed by atoms with E-state index >= 15 is 0 Å². The van der Waals surface area contributed by atoms with E-state index in [9.17, 15) is 14.4 Å². The maximum atomic E-state index is 13.6. The number of ether oxygens (including phenoxy) is 1. The zero-order chi connectivity index (χ0) is 26.0. The molecule has 0 bridgehead atoms. The Morgan fingerprint density at radius 2 is 1.31 bits per heavy atom. The number of halogens is 6. The molecular weight excluding hydrogens is 637 g/mol. The molecule has 0 radical (unpaired) electrons. The molecule has 2 aliphatic rings. The second-order valence-electron chi connectivity index (χ2n) is 7.95. The van der Waals surface area contributed by atoms with Crippen LogP contribution in [0.2, 0.25) is 25.1 Å². The number of fused-ring (bicyclic) bond motifs is 1. The number of hydrogen-bond acceptors (Lipinski definition) is 4. The number of carbonyl (C=O) groups is 3. The molecule has 0 spiro atoms. The lowest BCUT2D eigenvalue weighted by atomic mass is 9.85. The van der Waals surface area contributed by atoms with Crippen molar-refractivity contribution in [1.82, 2.24) is 4.90 Å². The summed E-state index contributed by atoms with van der Waals surface area (Å²) in [4.78, 5) is 43.0. The van der Waals surface area contributed by atoms with Gasteiger partial charge < -0.3 is 9.64 Å². The first-order valence-corrected chi connectivity index (χ1v) is 12.9. The van der Waals surface area contributed by atoms with E-state index in [1.165, 1.54) is 12.0 Å². The lowest BCUT2D eigenvalue weighted by molar-refractivity contribution is -0.130. The molecule has 0 unspecified atom stereocenters. The van der Waals surface area contributed by atoms with Gasteiger partial charge >= 0.3 is 0 Å². The van der Waals surface area contributed by atoms with E-state index in [0.717, 1.165) is 4.90 Å². The number of carbonyl (C=O) groups excluding carboxylic acids is 3. The number of benzene rings is 3. The van der Waals surface area contributed by atoms with E-state index < -0.39 is 29.8 Å². The maximum Gasteiger partial charge on any atom is 0.264 e. The summed E-state index contributed by atoms with van der Waals surface area (Å²) < 4.78 is 6.25. The average Bonchev–Trinajstić information content (AvgIpc) is 3.11. The van der Waals surface area contributed by atoms with Gasteiger partial charge in [-0.2, -0.15) is 0 Å². The van der Waals surface area contributed by atoms with E-state index in [0.29, 0.717) is 26.5 Å². The molecule has 0 saturated carbocycles. The second kappa shape index (κ2) is 9.39. The van der Waals surface area contributed by atoms with Crippen LogP contribution in [0.15, 0.2) is 46.9 Å². The molecule has 1 saturated heterocycles. The summed E-state index contributed by atoms with van der Waals surface area (Å²) in [7, 11) is 1.49. The molecule has 2 heterocycles. The molecule has 2 aliphatic heterocycles. The molecular formula is C24H12BrCl5N2O4. The molecule has 36 heavy (non-hydrogen) atoms. The van der Waals surface area contributed by atoms with Crippen LogP contribution in [0, 0.1) is 0 Å². The number of methoxy groups -OCH3 is 1. The summed E-state index contributed by atoms with van der Waals surface area (Å²) in [5.74, 6) is -1.64. The van der Waals surface area contributed by atoms with Crippen LogP contribution < -0.4 is 9.64 Å². The van der Waals surface area contributed by atoms with Gasteiger partial charge in [-0.1, -0.05) is 73.9 Å². The third kappa shape index (κ3) is 3.71. The normalized spacial score (nSPS) is 19.0. The molecule has 3 aromatic rings. The number of hydrogen-bond donors (Lipinski definition) is 0. The molecule has 3 aromatic carbocycles. The van der Waals surface area contributed by atoms with Crippen molar-refractivity contribution < 1.29 is 19.1 Å². The van der Waals surface area contributed by atoms with Gasteiger partial charge in [0.1, 0.15) is 11.8 Å². The number of β-lactam (4-membered cyclic amide) rings is 1. The minimum Gasteiger partial charge on any atom is -0.496 e. The fourth-order valence-corrected chi connectivity index (χ4v) is 6.00. The minimum absolute atomic E-state index is 0.155. The maximum absolute atomic E-state index is 13.6. The van der Waals surface area contributed by atoms with Crippen molar-refractivity contribution in [3.63, 3.8) is 0 Å². The summed E-state index contributed by atoms with van der Waals surface area (Å²) in [6.45, 7) is 0.